The maximum absolute atomic E-state index is 12.7. The van der Waals surface area contributed by atoms with E-state index in [4.69, 9.17) is 14.6 Å². The number of carboxylic acid groups (broad SMARTS) is 2. The second-order valence-electron chi connectivity index (χ2n) is 7.55. The van der Waals surface area contributed by atoms with Crippen LogP contribution in [0.25, 0.3) is 0 Å². The molecule has 0 radical (unpaired) electrons. The normalized spacial score (nSPS) is 22.1. The van der Waals surface area contributed by atoms with Crippen LogP contribution in [0, 0.1) is 0 Å². The molecule has 0 bridgehead atoms. The minimum atomic E-state index is -1.31. The Balaban J connectivity index is 2.49. The molecule has 0 aromatic heterocycles. The molecule has 1 aromatic carbocycles. The van der Waals surface area contributed by atoms with Gasteiger partial charge in [-0.2, -0.15) is 0 Å². The molecule has 0 saturated carbocycles. The van der Waals surface area contributed by atoms with Crippen LogP contribution in [0.5, 0.6) is 0 Å². The number of hydrogen-bond donors (Lipinski definition) is 2. The number of ether oxygens (including phenoxy) is 2. The molecule has 1 amide bonds. The highest BCUT2D eigenvalue weighted by molar-refractivity contribution is 5.87. The summed E-state index contributed by atoms with van der Waals surface area (Å²) >= 11 is 0. The fourth-order valence-electron chi connectivity index (χ4n) is 2.88. The van der Waals surface area contributed by atoms with E-state index in [1.165, 1.54) is 29.2 Å². The van der Waals surface area contributed by atoms with Gasteiger partial charge in [-0.1, -0.05) is 12.1 Å². The van der Waals surface area contributed by atoms with Crippen molar-refractivity contribution in [2.75, 3.05) is 0 Å². The molecule has 2 N–H and O–H groups in total. The molecule has 0 unspecified atom stereocenters. The number of rotatable bonds is 3. The van der Waals surface area contributed by atoms with Crippen molar-refractivity contribution in [1.29, 1.82) is 0 Å². The van der Waals surface area contributed by atoms with E-state index >= 15 is 0 Å². The number of hydrogen-bond acceptors (Lipinski definition) is 5. The predicted octanol–water partition coefficient (Wildman–Crippen LogP) is 2.88. The van der Waals surface area contributed by atoms with Crippen molar-refractivity contribution in [3.63, 3.8) is 0 Å². The Hall–Kier alpha value is -2.61. The number of carbonyl (C=O) groups excluding carboxylic acids is 1. The highest BCUT2D eigenvalue weighted by Gasteiger charge is 2.54. The van der Waals surface area contributed by atoms with E-state index in [1.54, 1.807) is 34.6 Å². The molecule has 0 spiro atoms. The molecule has 0 aliphatic carbocycles. The lowest BCUT2D eigenvalue weighted by atomic mass is 9.99. The lowest BCUT2D eigenvalue weighted by Crippen LogP contribution is -2.47. The lowest BCUT2D eigenvalue weighted by Gasteiger charge is -2.35. The standard InChI is InChI=1S/C18H23NO7/c1-17(2,3)26-16(24)19-12(13(15(22)23)25-18(19,4)5)10-6-8-11(9-7-10)14(20)21/h6-9,12-13H,1-5H3,(H,20,21)(H,22,23)/t12-,13+/m0/s1. The summed E-state index contributed by atoms with van der Waals surface area (Å²) in [6, 6.07) is 4.71. The molecule has 1 heterocycles. The molecule has 26 heavy (non-hydrogen) atoms. The van der Waals surface area contributed by atoms with Crippen molar-refractivity contribution in [2.24, 2.45) is 0 Å². The van der Waals surface area contributed by atoms with Crippen LogP contribution in [-0.4, -0.2) is 50.6 Å². The van der Waals surface area contributed by atoms with Gasteiger partial charge in [-0.05, 0) is 52.3 Å². The van der Waals surface area contributed by atoms with Gasteiger partial charge in [0.25, 0.3) is 0 Å². The maximum atomic E-state index is 12.7. The fraction of sp³-hybridized carbons (Fsp3) is 0.500. The van der Waals surface area contributed by atoms with Crippen molar-refractivity contribution in [3.8, 4) is 0 Å². The molecule has 2 rings (SSSR count). The fourth-order valence-corrected chi connectivity index (χ4v) is 2.88. The Labute approximate surface area is 151 Å². The molecule has 2 atom stereocenters. The first-order chi connectivity index (χ1) is 11.8. The molecule has 1 fully saturated rings. The molecule has 1 saturated heterocycles. The van der Waals surface area contributed by atoms with Gasteiger partial charge in [0.05, 0.1) is 5.56 Å². The maximum Gasteiger partial charge on any atom is 0.413 e. The Kier molecular flexibility index (Phi) is 5.01. The summed E-state index contributed by atoms with van der Waals surface area (Å²) < 4.78 is 11.0. The van der Waals surface area contributed by atoms with Gasteiger partial charge >= 0.3 is 18.0 Å². The smallest absolute Gasteiger partial charge is 0.413 e. The van der Waals surface area contributed by atoms with Crippen LogP contribution in [0.15, 0.2) is 24.3 Å². The summed E-state index contributed by atoms with van der Waals surface area (Å²) in [5.74, 6) is -2.32. The van der Waals surface area contributed by atoms with E-state index in [9.17, 15) is 19.5 Å². The minimum Gasteiger partial charge on any atom is -0.479 e. The second-order valence-corrected chi connectivity index (χ2v) is 7.55. The third kappa shape index (κ3) is 3.96. The molecule has 142 valence electrons. The van der Waals surface area contributed by atoms with Gasteiger partial charge in [0, 0.05) is 0 Å². The molecule has 1 aliphatic rings. The van der Waals surface area contributed by atoms with Crippen molar-refractivity contribution in [1.82, 2.24) is 4.90 Å². The first-order valence-corrected chi connectivity index (χ1v) is 8.10. The summed E-state index contributed by atoms with van der Waals surface area (Å²) in [5, 5.41) is 18.6. The van der Waals surface area contributed by atoms with Crippen molar-refractivity contribution >= 4 is 18.0 Å². The topological polar surface area (TPSA) is 113 Å². The minimum absolute atomic E-state index is 0.0580. The summed E-state index contributed by atoms with van der Waals surface area (Å²) in [6.45, 7) is 8.29. The Morgan fingerprint density at radius 1 is 1.12 bits per heavy atom. The first kappa shape index (κ1) is 19.7. The quantitative estimate of drug-likeness (QED) is 0.846. The van der Waals surface area contributed by atoms with E-state index in [0.29, 0.717) is 5.56 Å². The van der Waals surface area contributed by atoms with Crippen molar-refractivity contribution in [3.05, 3.63) is 35.4 Å². The van der Waals surface area contributed by atoms with Crippen LogP contribution in [0.2, 0.25) is 0 Å². The highest BCUT2D eigenvalue weighted by atomic mass is 16.6. The number of aromatic carboxylic acids is 1. The SMILES string of the molecule is CC(C)(C)OC(=O)N1[C@@H](c2ccc(C(=O)O)cc2)[C@H](C(=O)O)OC1(C)C. The third-order valence-corrected chi connectivity index (χ3v) is 3.89. The van der Waals surface area contributed by atoms with Crippen LogP contribution in [0.3, 0.4) is 0 Å². The van der Waals surface area contributed by atoms with Crippen LogP contribution < -0.4 is 0 Å². The average Bonchev–Trinajstić information content (AvgIpc) is 2.77. The molecule has 8 heteroatoms. The van der Waals surface area contributed by atoms with Crippen LogP contribution in [-0.2, 0) is 14.3 Å². The second kappa shape index (κ2) is 6.60. The molecule has 1 aromatic rings. The highest BCUT2D eigenvalue weighted by Crippen LogP contribution is 2.42. The van der Waals surface area contributed by atoms with Crippen LogP contribution in [0.4, 0.5) is 4.79 Å². The van der Waals surface area contributed by atoms with Gasteiger partial charge in [0.2, 0.25) is 0 Å². The van der Waals surface area contributed by atoms with E-state index in [2.05, 4.69) is 0 Å². The van der Waals surface area contributed by atoms with Crippen molar-refractivity contribution < 1.29 is 34.1 Å². The van der Waals surface area contributed by atoms with E-state index in [1.807, 2.05) is 0 Å². The average molecular weight is 365 g/mol. The van der Waals surface area contributed by atoms with Gasteiger partial charge in [0.1, 0.15) is 17.4 Å². The molecule has 8 nitrogen and oxygen atoms in total. The summed E-state index contributed by atoms with van der Waals surface area (Å²) in [5.41, 5.74) is -1.49. The number of carboxylic acids is 2. The number of amides is 1. The van der Waals surface area contributed by atoms with E-state index in [0.717, 1.165) is 0 Å². The number of benzene rings is 1. The third-order valence-electron chi connectivity index (χ3n) is 3.89. The Morgan fingerprint density at radius 2 is 1.65 bits per heavy atom. The zero-order valence-electron chi connectivity index (χ0n) is 15.3. The molecular weight excluding hydrogens is 342 g/mol. The number of carbonyl (C=O) groups is 3. The van der Waals surface area contributed by atoms with Gasteiger partial charge in [-0.25, -0.2) is 14.4 Å². The lowest BCUT2D eigenvalue weighted by molar-refractivity contribution is -0.155. The zero-order chi connectivity index (χ0) is 19.9. The largest absolute Gasteiger partial charge is 0.479 e. The monoisotopic (exact) mass is 365 g/mol. The Morgan fingerprint density at radius 3 is 2.08 bits per heavy atom. The number of aliphatic carboxylic acids is 1. The first-order valence-electron chi connectivity index (χ1n) is 8.10. The van der Waals surface area contributed by atoms with Gasteiger partial charge in [-0.3, -0.25) is 4.90 Å². The molecule has 1 aliphatic heterocycles. The summed E-state index contributed by atoms with van der Waals surface area (Å²) in [4.78, 5) is 36.7. The summed E-state index contributed by atoms with van der Waals surface area (Å²) in [6.07, 6.45) is -2.02. The van der Waals surface area contributed by atoms with Gasteiger partial charge < -0.3 is 19.7 Å². The van der Waals surface area contributed by atoms with E-state index < -0.39 is 41.5 Å². The zero-order valence-corrected chi connectivity index (χ0v) is 15.3. The van der Waals surface area contributed by atoms with Crippen LogP contribution >= 0.6 is 0 Å². The number of nitrogens with zero attached hydrogens (tertiary/aromatic N) is 1. The van der Waals surface area contributed by atoms with Gasteiger partial charge in [-0.15, -0.1) is 0 Å². The molecular formula is C18H23NO7. The predicted molar refractivity (Wildman–Crippen MR) is 90.8 cm³/mol. The van der Waals surface area contributed by atoms with E-state index in [-0.39, 0.29) is 5.56 Å². The summed E-state index contributed by atoms with van der Waals surface area (Å²) in [7, 11) is 0. The van der Waals surface area contributed by atoms with Crippen molar-refractivity contribution in [2.45, 2.75) is 58.1 Å². The van der Waals surface area contributed by atoms with Gasteiger partial charge in [0.15, 0.2) is 6.10 Å². The van der Waals surface area contributed by atoms with Crippen LogP contribution in [0.1, 0.15) is 56.6 Å². The Bertz CT molecular complexity index is 718.